The zero-order chi connectivity index (χ0) is 19.4. The van der Waals surface area contributed by atoms with Crippen LogP contribution in [0.25, 0.3) is 0 Å². The fourth-order valence-corrected chi connectivity index (χ4v) is 3.10. The van der Waals surface area contributed by atoms with Crippen LogP contribution in [-0.4, -0.2) is 31.7 Å². The van der Waals surface area contributed by atoms with Gasteiger partial charge in [0.2, 0.25) is 0 Å². The van der Waals surface area contributed by atoms with Gasteiger partial charge in [-0.25, -0.2) is 0 Å². The van der Waals surface area contributed by atoms with Gasteiger partial charge in [0.15, 0.2) is 18.1 Å². The first-order valence-electron chi connectivity index (χ1n) is 7.91. The minimum absolute atomic E-state index is 0.0160. The Morgan fingerprint density at radius 1 is 1.07 bits per heavy atom. The third-order valence-corrected chi connectivity index (χ3v) is 5.00. The molecule has 0 fully saturated rings. The number of nitrogens with one attached hydrogen (secondary N) is 1. The number of carbonyl (C=O) groups is 2. The summed E-state index contributed by atoms with van der Waals surface area (Å²) in [6.07, 6.45) is -0.0160. The second-order valence-corrected chi connectivity index (χ2v) is 7.28. The number of esters is 1. The Labute approximate surface area is 173 Å². The van der Waals surface area contributed by atoms with Crippen LogP contribution in [0.4, 0.5) is 5.69 Å². The van der Waals surface area contributed by atoms with Crippen molar-refractivity contribution in [3.63, 3.8) is 0 Å². The fraction of sp³-hybridized carbons (Fsp3) is 0.222. The summed E-state index contributed by atoms with van der Waals surface area (Å²) in [7, 11) is 0. The monoisotopic (exact) mass is 473 g/mol. The molecule has 0 bridgehead atoms. The third-order valence-electron chi connectivity index (χ3n) is 3.60. The molecule has 0 radical (unpaired) electrons. The third kappa shape index (κ3) is 5.28. The second-order valence-electron chi connectivity index (χ2n) is 5.61. The van der Waals surface area contributed by atoms with Crippen LogP contribution < -0.4 is 14.8 Å². The summed E-state index contributed by atoms with van der Waals surface area (Å²) >= 11 is 15.1. The molecule has 1 amide bonds. The topological polar surface area (TPSA) is 73.9 Å². The quantitative estimate of drug-likeness (QED) is 0.655. The predicted molar refractivity (Wildman–Crippen MR) is 105 cm³/mol. The summed E-state index contributed by atoms with van der Waals surface area (Å²) in [5.41, 5.74) is 1.13. The molecule has 1 aliphatic heterocycles. The number of carbonyl (C=O) groups excluding carboxylic acids is 2. The van der Waals surface area contributed by atoms with Crippen molar-refractivity contribution in [3.8, 4) is 11.5 Å². The first kappa shape index (κ1) is 19.8. The van der Waals surface area contributed by atoms with E-state index < -0.39 is 18.5 Å². The zero-order valence-electron chi connectivity index (χ0n) is 13.9. The van der Waals surface area contributed by atoms with Crippen LogP contribution in [0.1, 0.15) is 5.56 Å². The molecule has 6 nitrogen and oxygen atoms in total. The number of rotatable bonds is 5. The Kier molecular flexibility index (Phi) is 6.46. The molecule has 1 N–H and O–H groups in total. The lowest BCUT2D eigenvalue weighted by atomic mass is 10.1. The number of benzene rings is 2. The molecule has 0 aliphatic carbocycles. The molecule has 0 spiro atoms. The highest BCUT2D eigenvalue weighted by molar-refractivity contribution is 9.10. The van der Waals surface area contributed by atoms with Crippen LogP contribution in [-0.2, 0) is 20.7 Å². The lowest BCUT2D eigenvalue weighted by Gasteiger charge is -2.20. The summed E-state index contributed by atoms with van der Waals surface area (Å²) in [4.78, 5) is 24.0. The summed E-state index contributed by atoms with van der Waals surface area (Å²) in [6.45, 7) is 0.495. The van der Waals surface area contributed by atoms with E-state index in [2.05, 4.69) is 21.2 Å². The Morgan fingerprint density at radius 3 is 2.48 bits per heavy atom. The molecule has 1 heterocycles. The van der Waals surface area contributed by atoms with Gasteiger partial charge < -0.3 is 19.5 Å². The van der Waals surface area contributed by atoms with Crippen LogP contribution >= 0.6 is 39.1 Å². The highest BCUT2D eigenvalue weighted by Gasteiger charge is 2.17. The Balaban J connectivity index is 1.53. The molecule has 0 aromatic heterocycles. The second kappa shape index (κ2) is 8.82. The smallest absolute Gasteiger partial charge is 0.310 e. The molecular formula is C18H14BrCl2NO5. The van der Waals surface area contributed by atoms with E-state index in [1.54, 1.807) is 30.3 Å². The number of ether oxygens (including phenoxy) is 3. The number of anilines is 1. The van der Waals surface area contributed by atoms with Crippen LogP contribution in [0.3, 0.4) is 0 Å². The average molecular weight is 475 g/mol. The van der Waals surface area contributed by atoms with Gasteiger partial charge in [0, 0.05) is 16.6 Å². The average Bonchev–Trinajstić information content (AvgIpc) is 2.64. The summed E-state index contributed by atoms with van der Waals surface area (Å²) in [5.74, 6) is 0.107. The maximum Gasteiger partial charge on any atom is 0.310 e. The molecule has 0 saturated heterocycles. The highest BCUT2D eigenvalue weighted by Crippen LogP contribution is 2.38. The van der Waals surface area contributed by atoms with Crippen molar-refractivity contribution in [2.75, 3.05) is 25.1 Å². The van der Waals surface area contributed by atoms with Crippen LogP contribution in [0.5, 0.6) is 11.5 Å². The predicted octanol–water partition coefficient (Wildman–Crippen LogP) is 4.25. The van der Waals surface area contributed by atoms with Crippen molar-refractivity contribution >= 4 is 56.7 Å². The van der Waals surface area contributed by atoms with Crippen molar-refractivity contribution in [1.82, 2.24) is 0 Å². The van der Waals surface area contributed by atoms with Crippen molar-refractivity contribution in [1.29, 1.82) is 0 Å². The number of hydrogen-bond donors (Lipinski definition) is 1. The first-order valence-corrected chi connectivity index (χ1v) is 9.46. The maximum absolute atomic E-state index is 12.1. The molecule has 3 rings (SSSR count). The lowest BCUT2D eigenvalue weighted by molar-refractivity contribution is -0.146. The Hall–Kier alpha value is -1.96. The molecular weight excluding hydrogens is 461 g/mol. The van der Waals surface area contributed by atoms with E-state index in [1.807, 2.05) is 0 Å². The van der Waals surface area contributed by atoms with Gasteiger partial charge >= 0.3 is 5.97 Å². The van der Waals surface area contributed by atoms with Crippen LogP contribution in [0.2, 0.25) is 10.0 Å². The van der Waals surface area contributed by atoms with Gasteiger partial charge in [0.1, 0.15) is 13.2 Å². The molecule has 0 saturated carbocycles. The van der Waals surface area contributed by atoms with E-state index in [4.69, 9.17) is 37.4 Å². The fourth-order valence-electron chi connectivity index (χ4n) is 2.36. The lowest BCUT2D eigenvalue weighted by Crippen LogP contribution is -2.22. The van der Waals surface area contributed by atoms with Crippen LogP contribution in [0.15, 0.2) is 34.8 Å². The zero-order valence-corrected chi connectivity index (χ0v) is 17.0. The van der Waals surface area contributed by atoms with Crippen LogP contribution in [0, 0.1) is 0 Å². The Morgan fingerprint density at radius 2 is 1.78 bits per heavy atom. The largest absolute Gasteiger partial charge is 0.486 e. The molecule has 142 valence electrons. The molecule has 2 aromatic rings. The Bertz CT molecular complexity index is 890. The van der Waals surface area contributed by atoms with Gasteiger partial charge in [-0.1, -0.05) is 29.3 Å². The first-order chi connectivity index (χ1) is 12.9. The number of hydrogen-bond acceptors (Lipinski definition) is 5. The SMILES string of the molecule is O=C(COC(=O)Cc1ccc(Cl)c(Cl)c1)Nc1cc2c(cc1Br)OCCO2. The normalized spacial score (nSPS) is 12.4. The van der Waals surface area contributed by atoms with Gasteiger partial charge in [0.25, 0.3) is 5.91 Å². The van der Waals surface area contributed by atoms with Crippen molar-refractivity contribution in [2.24, 2.45) is 0 Å². The van der Waals surface area contributed by atoms with E-state index in [9.17, 15) is 9.59 Å². The van der Waals surface area contributed by atoms with Crippen molar-refractivity contribution < 1.29 is 23.8 Å². The molecule has 1 aliphatic rings. The molecule has 0 atom stereocenters. The van der Waals surface area contributed by atoms with Gasteiger partial charge in [-0.05, 0) is 33.6 Å². The highest BCUT2D eigenvalue weighted by atomic mass is 79.9. The van der Waals surface area contributed by atoms with E-state index in [0.29, 0.717) is 50.5 Å². The maximum atomic E-state index is 12.1. The van der Waals surface area contributed by atoms with Gasteiger partial charge in [-0.3, -0.25) is 9.59 Å². The minimum Gasteiger partial charge on any atom is -0.486 e. The molecule has 0 unspecified atom stereocenters. The summed E-state index contributed by atoms with van der Waals surface area (Å²) < 4.78 is 16.6. The molecule has 27 heavy (non-hydrogen) atoms. The van der Waals surface area contributed by atoms with Gasteiger partial charge in [-0.15, -0.1) is 0 Å². The van der Waals surface area contributed by atoms with E-state index >= 15 is 0 Å². The van der Waals surface area contributed by atoms with Gasteiger partial charge in [0.05, 0.1) is 22.2 Å². The minimum atomic E-state index is -0.551. The van der Waals surface area contributed by atoms with E-state index in [0.717, 1.165) is 0 Å². The standard InChI is InChI=1S/C18H14BrCl2NO5/c19-11-7-15-16(26-4-3-25-15)8-14(11)22-17(23)9-27-18(24)6-10-1-2-12(20)13(21)5-10/h1-2,5,7-8H,3-4,6,9H2,(H,22,23). The molecule has 9 heteroatoms. The number of fused-ring (bicyclic) bond motifs is 1. The van der Waals surface area contributed by atoms with E-state index in [-0.39, 0.29) is 6.42 Å². The summed E-state index contributed by atoms with van der Waals surface area (Å²) in [6, 6.07) is 8.20. The van der Waals surface area contributed by atoms with Gasteiger partial charge in [-0.2, -0.15) is 0 Å². The van der Waals surface area contributed by atoms with Crippen molar-refractivity contribution in [3.05, 3.63) is 50.4 Å². The molecule has 2 aromatic carbocycles. The number of halogens is 3. The van der Waals surface area contributed by atoms with E-state index in [1.165, 1.54) is 0 Å². The summed E-state index contributed by atoms with van der Waals surface area (Å²) in [5, 5.41) is 3.41. The number of amides is 1. The van der Waals surface area contributed by atoms with Crippen molar-refractivity contribution in [2.45, 2.75) is 6.42 Å².